The van der Waals surface area contributed by atoms with Crippen molar-refractivity contribution in [2.75, 3.05) is 18.5 Å². The largest absolute Gasteiger partial charge is 0.513 e. The lowest BCUT2D eigenvalue weighted by Gasteiger charge is -2.17. The van der Waals surface area contributed by atoms with Crippen LogP contribution in [0.4, 0.5) is 19.8 Å². The van der Waals surface area contributed by atoms with Crippen molar-refractivity contribution in [3.05, 3.63) is 53.0 Å². The van der Waals surface area contributed by atoms with Crippen LogP contribution in [0.15, 0.2) is 30.5 Å². The average Bonchev–Trinajstić information content (AvgIpc) is 3.73. The van der Waals surface area contributed by atoms with Crippen LogP contribution in [-0.2, 0) is 14.3 Å². The summed E-state index contributed by atoms with van der Waals surface area (Å²) in [6.07, 6.45) is 1.43. The summed E-state index contributed by atoms with van der Waals surface area (Å²) in [5.41, 5.74) is 6.14. The van der Waals surface area contributed by atoms with Gasteiger partial charge in [-0.25, -0.2) is 19.0 Å². The number of pyridine rings is 1. The number of nitrogens with zero attached hydrogens (tertiary/aromatic N) is 2. The Bertz CT molecular complexity index is 1350. The summed E-state index contributed by atoms with van der Waals surface area (Å²) in [5, 5.41) is 14.1. The van der Waals surface area contributed by atoms with E-state index in [2.05, 4.69) is 15.6 Å². The Kier molecular flexibility index (Phi) is 11.3. The number of nitriles is 1. The molecule has 4 atom stereocenters. The highest BCUT2D eigenvalue weighted by Gasteiger charge is 2.44. The van der Waals surface area contributed by atoms with E-state index >= 15 is 4.39 Å². The van der Waals surface area contributed by atoms with Crippen LogP contribution in [0.25, 0.3) is 0 Å². The molecule has 0 aliphatic heterocycles. The number of ketones is 1. The Hall–Kier alpha value is -4.57. The van der Waals surface area contributed by atoms with E-state index in [1.807, 2.05) is 19.9 Å². The van der Waals surface area contributed by atoms with Gasteiger partial charge in [-0.1, -0.05) is 27.2 Å². The first kappa shape index (κ1) is 32.0. The lowest BCUT2D eigenvalue weighted by molar-refractivity contribution is -0.146. The monoisotopic (exact) mass is 583 g/mol. The fourth-order valence-electron chi connectivity index (χ4n) is 4.05. The molecule has 1 aliphatic rings. The van der Waals surface area contributed by atoms with Gasteiger partial charge in [-0.2, -0.15) is 5.26 Å². The van der Waals surface area contributed by atoms with Crippen molar-refractivity contribution >= 4 is 29.8 Å². The summed E-state index contributed by atoms with van der Waals surface area (Å²) in [6, 6.07) is 5.37. The fraction of sp³-hybridized carbons (Fsp3) is 0.448. The van der Waals surface area contributed by atoms with Crippen LogP contribution in [0.2, 0.25) is 0 Å². The zero-order valence-corrected chi connectivity index (χ0v) is 23.6. The van der Waals surface area contributed by atoms with Crippen LogP contribution >= 0.6 is 0 Å². The Labute approximate surface area is 242 Å². The number of rotatable bonds is 13. The summed E-state index contributed by atoms with van der Waals surface area (Å²) in [7, 11) is 0. The number of ether oxygens (including phenoxy) is 3. The summed E-state index contributed by atoms with van der Waals surface area (Å²) in [4.78, 5) is 53.5. The quantitative estimate of drug-likeness (QED) is 0.134. The van der Waals surface area contributed by atoms with E-state index in [9.17, 15) is 19.2 Å². The predicted octanol–water partition coefficient (Wildman–Crippen LogP) is 4.18. The number of Topliss-reactive ketones (excluding diaryl/α,β-unsaturated/α-hetero) is 1. The predicted molar refractivity (Wildman–Crippen MR) is 148 cm³/mol. The number of carbonyl (C=O) groups excluding carboxylic acids is 4. The standard InChI is InChI=1S/C29H34FN5O7/c1-4-16(3)25(32)27(37)40-11-6-12-41-29(39)42-26-18(22(36)5-2)8-9-20(30)24(26)19-13-21(19)34-28(38)35-23-10-7-17(14-31)15-33-23/h7-10,15-16,19,21,25H,4-6,11-13,32H2,1-3H3,(H2,33,34,35,38)/t16-,19?,21?,25-/m0/s1. The number of aromatic nitrogens is 1. The van der Waals surface area contributed by atoms with Crippen LogP contribution in [-0.4, -0.2) is 54.2 Å². The van der Waals surface area contributed by atoms with E-state index in [0.717, 1.165) is 12.5 Å². The molecule has 224 valence electrons. The number of benzene rings is 1. The molecular weight excluding hydrogens is 549 g/mol. The number of nitrogens with one attached hydrogen (secondary N) is 2. The van der Waals surface area contributed by atoms with Gasteiger partial charge in [-0.15, -0.1) is 0 Å². The lowest BCUT2D eigenvalue weighted by Crippen LogP contribution is -2.38. The number of nitrogens with two attached hydrogens (primary N) is 1. The van der Waals surface area contributed by atoms with E-state index < -0.39 is 42.0 Å². The van der Waals surface area contributed by atoms with Crippen molar-refractivity contribution in [2.45, 2.75) is 64.5 Å². The van der Waals surface area contributed by atoms with Crippen molar-refractivity contribution in [1.29, 1.82) is 5.26 Å². The maximum atomic E-state index is 15.1. The smallest absolute Gasteiger partial charge is 0.464 e. The van der Waals surface area contributed by atoms with E-state index in [1.165, 1.54) is 24.4 Å². The Balaban J connectivity index is 1.61. The number of amides is 2. The Morgan fingerprint density at radius 2 is 1.90 bits per heavy atom. The van der Waals surface area contributed by atoms with E-state index in [4.69, 9.17) is 25.2 Å². The third kappa shape index (κ3) is 8.47. The van der Waals surface area contributed by atoms with Gasteiger partial charge in [0.25, 0.3) is 0 Å². The van der Waals surface area contributed by atoms with Gasteiger partial charge >= 0.3 is 18.2 Å². The molecule has 3 rings (SSSR count). The SMILES string of the molecule is CCC(=O)c1ccc(F)c(C2CC2NC(=O)Nc2ccc(C#N)cn2)c1OC(=O)OCCCOC(=O)[C@@H](N)[C@@H](C)CC. The molecule has 42 heavy (non-hydrogen) atoms. The van der Waals surface area contributed by atoms with Gasteiger partial charge in [0.15, 0.2) is 11.5 Å². The molecule has 1 heterocycles. The molecule has 0 spiro atoms. The highest BCUT2D eigenvalue weighted by Crippen LogP contribution is 2.47. The minimum Gasteiger partial charge on any atom is -0.464 e. The van der Waals surface area contributed by atoms with Crippen molar-refractivity contribution in [2.24, 2.45) is 11.7 Å². The number of urea groups is 1. The Morgan fingerprint density at radius 3 is 2.55 bits per heavy atom. The summed E-state index contributed by atoms with van der Waals surface area (Å²) in [5.74, 6) is -2.30. The fourth-order valence-corrected chi connectivity index (χ4v) is 4.05. The minimum absolute atomic E-state index is 0.00990. The summed E-state index contributed by atoms with van der Waals surface area (Å²) in [6.45, 7) is 5.17. The van der Waals surface area contributed by atoms with Gasteiger partial charge in [-0.3, -0.25) is 14.9 Å². The molecule has 0 radical (unpaired) electrons. The number of esters is 1. The van der Waals surface area contributed by atoms with Crippen molar-refractivity contribution < 1.29 is 37.8 Å². The minimum atomic E-state index is -1.16. The molecule has 1 fully saturated rings. The van der Waals surface area contributed by atoms with Gasteiger partial charge in [0.05, 0.1) is 24.3 Å². The third-order valence-corrected chi connectivity index (χ3v) is 6.84. The number of hydrogen-bond donors (Lipinski definition) is 3. The van der Waals surface area contributed by atoms with Crippen LogP contribution in [0.5, 0.6) is 5.75 Å². The molecular formula is C29H34FN5O7. The van der Waals surface area contributed by atoms with Gasteiger partial charge < -0.3 is 25.3 Å². The van der Waals surface area contributed by atoms with E-state index in [-0.39, 0.29) is 60.5 Å². The zero-order chi connectivity index (χ0) is 30.8. The molecule has 2 amide bonds. The van der Waals surface area contributed by atoms with Crippen LogP contribution in [0.3, 0.4) is 0 Å². The number of hydrogen-bond acceptors (Lipinski definition) is 10. The van der Waals surface area contributed by atoms with Crippen molar-refractivity contribution in [1.82, 2.24) is 10.3 Å². The zero-order valence-electron chi connectivity index (χ0n) is 23.6. The van der Waals surface area contributed by atoms with Gasteiger partial charge in [-0.05, 0) is 36.6 Å². The molecule has 4 N–H and O–H groups in total. The topological polar surface area (TPSA) is 183 Å². The second-order valence-electron chi connectivity index (χ2n) is 9.84. The van der Waals surface area contributed by atoms with E-state index in [1.54, 1.807) is 6.92 Å². The molecule has 13 heteroatoms. The molecule has 1 aromatic heterocycles. The highest BCUT2D eigenvalue weighted by atomic mass is 19.1. The third-order valence-electron chi connectivity index (χ3n) is 6.84. The molecule has 1 saturated carbocycles. The molecule has 1 aromatic carbocycles. The van der Waals surface area contributed by atoms with Crippen molar-refractivity contribution in [3.63, 3.8) is 0 Å². The maximum absolute atomic E-state index is 15.1. The first-order chi connectivity index (χ1) is 20.1. The molecule has 2 unspecified atom stereocenters. The Morgan fingerprint density at radius 1 is 1.17 bits per heavy atom. The van der Waals surface area contributed by atoms with E-state index in [0.29, 0.717) is 12.0 Å². The second-order valence-corrected chi connectivity index (χ2v) is 9.84. The number of carbonyl (C=O) groups is 4. The van der Waals surface area contributed by atoms with Crippen LogP contribution in [0, 0.1) is 23.1 Å². The summed E-state index contributed by atoms with van der Waals surface area (Å²) < 4.78 is 30.6. The second kappa shape index (κ2) is 14.9. The van der Waals surface area contributed by atoms with Gasteiger partial charge in [0, 0.05) is 36.6 Å². The normalized spacial score (nSPS) is 16.8. The molecule has 2 aromatic rings. The molecule has 0 bridgehead atoms. The molecule has 12 nitrogen and oxygen atoms in total. The highest BCUT2D eigenvalue weighted by molar-refractivity contribution is 5.99. The number of anilines is 1. The molecule has 1 aliphatic carbocycles. The van der Waals surface area contributed by atoms with Crippen LogP contribution < -0.4 is 21.1 Å². The maximum Gasteiger partial charge on any atom is 0.513 e. The van der Waals surface area contributed by atoms with Gasteiger partial charge in [0.2, 0.25) is 0 Å². The van der Waals surface area contributed by atoms with Gasteiger partial charge in [0.1, 0.15) is 23.7 Å². The number of halogens is 1. The molecule has 0 saturated heterocycles. The lowest BCUT2D eigenvalue weighted by atomic mass is 10.00. The summed E-state index contributed by atoms with van der Waals surface area (Å²) >= 11 is 0. The van der Waals surface area contributed by atoms with Crippen LogP contribution in [0.1, 0.15) is 73.9 Å². The first-order valence-electron chi connectivity index (χ1n) is 13.7. The average molecular weight is 584 g/mol. The van der Waals surface area contributed by atoms with Crippen molar-refractivity contribution in [3.8, 4) is 11.8 Å². The first-order valence-corrected chi connectivity index (χ1v) is 13.7.